The number of nitrogens with zero attached hydrogens (tertiary/aromatic N) is 2. The molecule has 0 aliphatic rings. The first-order valence-corrected chi connectivity index (χ1v) is 8.64. The molecule has 5 heteroatoms. The molecule has 3 rings (SSSR count). The highest BCUT2D eigenvalue weighted by Crippen LogP contribution is 2.21. The van der Waals surface area contributed by atoms with Gasteiger partial charge in [-0.1, -0.05) is 54.1 Å². The summed E-state index contributed by atoms with van der Waals surface area (Å²) in [4.78, 5) is 8.73. The highest BCUT2D eigenvalue weighted by atomic mass is 35.5. The fourth-order valence-electron chi connectivity index (χ4n) is 2.57. The number of aryl methyl sites for hydroxylation is 1. The van der Waals surface area contributed by atoms with Gasteiger partial charge in [-0.2, -0.15) is 4.98 Å². The Labute approximate surface area is 153 Å². The molecule has 3 N–H and O–H groups in total. The van der Waals surface area contributed by atoms with Crippen LogP contribution >= 0.6 is 11.6 Å². The van der Waals surface area contributed by atoms with Crippen molar-refractivity contribution in [3.63, 3.8) is 0 Å². The minimum Gasteiger partial charge on any atom is -0.383 e. The second-order valence-corrected chi connectivity index (χ2v) is 6.43. The van der Waals surface area contributed by atoms with E-state index >= 15 is 0 Å². The van der Waals surface area contributed by atoms with Crippen molar-refractivity contribution in [2.75, 3.05) is 17.6 Å². The molecule has 0 fully saturated rings. The molecule has 1 aromatic heterocycles. The molecule has 0 saturated carbocycles. The minimum atomic E-state index is 0.494. The minimum absolute atomic E-state index is 0.494. The number of rotatable bonds is 6. The van der Waals surface area contributed by atoms with Crippen molar-refractivity contribution in [1.29, 1.82) is 0 Å². The van der Waals surface area contributed by atoms with Crippen molar-refractivity contribution >= 4 is 23.4 Å². The maximum atomic E-state index is 6.18. The van der Waals surface area contributed by atoms with Crippen molar-refractivity contribution in [3.8, 4) is 0 Å². The largest absolute Gasteiger partial charge is 0.383 e. The highest BCUT2D eigenvalue weighted by molar-refractivity contribution is 6.31. The van der Waals surface area contributed by atoms with Crippen molar-refractivity contribution in [2.45, 2.75) is 19.8 Å². The molecule has 25 heavy (non-hydrogen) atoms. The van der Waals surface area contributed by atoms with Crippen LogP contribution in [0.3, 0.4) is 0 Å². The monoisotopic (exact) mass is 352 g/mol. The van der Waals surface area contributed by atoms with Crippen molar-refractivity contribution in [3.05, 3.63) is 82.0 Å². The number of hydrogen-bond acceptors (Lipinski definition) is 4. The fourth-order valence-corrected chi connectivity index (χ4v) is 2.77. The number of nitrogen functional groups attached to an aromatic ring is 1. The van der Waals surface area contributed by atoms with Crippen molar-refractivity contribution in [2.24, 2.45) is 0 Å². The summed E-state index contributed by atoms with van der Waals surface area (Å²) in [7, 11) is 0. The van der Waals surface area contributed by atoms with Gasteiger partial charge in [-0.15, -0.1) is 0 Å². The zero-order valence-corrected chi connectivity index (χ0v) is 14.9. The third-order valence-corrected chi connectivity index (χ3v) is 4.48. The standard InChI is InChI=1S/C20H21ClN4/c1-14-7-8-16(12-18(14)21)11-17-13-24-20(25-19(17)22)23-10-9-15-5-3-2-4-6-15/h2-8,12-13H,9-11H2,1H3,(H3,22,23,24,25). The van der Waals surface area contributed by atoms with E-state index in [2.05, 4.69) is 27.4 Å². The van der Waals surface area contributed by atoms with Crippen LogP contribution in [0.2, 0.25) is 5.02 Å². The van der Waals surface area contributed by atoms with Crippen LogP contribution in [-0.2, 0) is 12.8 Å². The van der Waals surface area contributed by atoms with E-state index in [1.54, 1.807) is 6.20 Å². The zero-order chi connectivity index (χ0) is 17.6. The van der Waals surface area contributed by atoms with E-state index in [0.717, 1.165) is 34.7 Å². The van der Waals surface area contributed by atoms with Gasteiger partial charge in [-0.05, 0) is 36.1 Å². The molecule has 0 radical (unpaired) electrons. The second kappa shape index (κ2) is 7.99. The third kappa shape index (κ3) is 4.70. The average molecular weight is 353 g/mol. The van der Waals surface area contributed by atoms with Gasteiger partial charge in [0, 0.05) is 29.7 Å². The van der Waals surface area contributed by atoms with Gasteiger partial charge >= 0.3 is 0 Å². The number of anilines is 2. The number of nitrogens with two attached hydrogens (primary N) is 1. The molecule has 2 aromatic carbocycles. The molecule has 3 aromatic rings. The molecule has 1 heterocycles. The average Bonchev–Trinajstić information content (AvgIpc) is 2.61. The lowest BCUT2D eigenvalue weighted by molar-refractivity contribution is 0.977. The van der Waals surface area contributed by atoms with Crippen LogP contribution < -0.4 is 11.1 Å². The Bertz CT molecular complexity index is 850. The van der Waals surface area contributed by atoms with Gasteiger partial charge in [0.15, 0.2) is 0 Å². The maximum Gasteiger partial charge on any atom is 0.224 e. The zero-order valence-electron chi connectivity index (χ0n) is 14.2. The summed E-state index contributed by atoms with van der Waals surface area (Å²) in [6.07, 6.45) is 3.35. The van der Waals surface area contributed by atoms with E-state index in [0.29, 0.717) is 18.2 Å². The summed E-state index contributed by atoms with van der Waals surface area (Å²) in [5, 5.41) is 3.98. The molecule has 0 unspecified atom stereocenters. The first-order chi connectivity index (χ1) is 12.1. The van der Waals surface area contributed by atoms with Crippen molar-refractivity contribution < 1.29 is 0 Å². The van der Waals surface area contributed by atoms with Gasteiger partial charge in [-0.25, -0.2) is 4.98 Å². The van der Waals surface area contributed by atoms with E-state index in [4.69, 9.17) is 17.3 Å². The topological polar surface area (TPSA) is 63.8 Å². The van der Waals surface area contributed by atoms with Crippen LogP contribution in [-0.4, -0.2) is 16.5 Å². The molecule has 0 spiro atoms. The van der Waals surface area contributed by atoms with Crippen LogP contribution in [0.4, 0.5) is 11.8 Å². The Morgan fingerprint density at radius 1 is 1.08 bits per heavy atom. The lowest BCUT2D eigenvalue weighted by Gasteiger charge is -2.09. The quantitative estimate of drug-likeness (QED) is 0.695. The Hall–Kier alpha value is -2.59. The second-order valence-electron chi connectivity index (χ2n) is 6.03. The number of halogens is 1. The molecule has 128 valence electrons. The molecule has 0 saturated heterocycles. The first-order valence-electron chi connectivity index (χ1n) is 8.26. The van der Waals surface area contributed by atoms with Gasteiger partial charge in [0.05, 0.1) is 0 Å². The Kier molecular flexibility index (Phi) is 5.51. The number of benzene rings is 2. The lowest BCUT2D eigenvalue weighted by atomic mass is 10.1. The van der Waals surface area contributed by atoms with Crippen LogP contribution in [0.1, 0.15) is 22.3 Å². The smallest absolute Gasteiger partial charge is 0.224 e. The Morgan fingerprint density at radius 2 is 1.88 bits per heavy atom. The van der Waals surface area contributed by atoms with E-state index in [1.165, 1.54) is 5.56 Å². The van der Waals surface area contributed by atoms with Gasteiger partial charge < -0.3 is 11.1 Å². The summed E-state index contributed by atoms with van der Waals surface area (Å²) in [5.41, 5.74) is 10.4. The van der Waals surface area contributed by atoms with Gasteiger partial charge in [0.25, 0.3) is 0 Å². The van der Waals surface area contributed by atoms with E-state index in [9.17, 15) is 0 Å². The van der Waals surface area contributed by atoms with Crippen LogP contribution in [0.25, 0.3) is 0 Å². The number of nitrogens with one attached hydrogen (secondary N) is 1. The predicted molar refractivity (Wildman–Crippen MR) is 104 cm³/mol. The van der Waals surface area contributed by atoms with Crippen LogP contribution in [0.5, 0.6) is 0 Å². The Balaban J connectivity index is 1.61. The van der Waals surface area contributed by atoms with E-state index in [1.807, 2.05) is 43.3 Å². The molecular formula is C20H21ClN4. The number of aromatic nitrogens is 2. The van der Waals surface area contributed by atoms with Crippen molar-refractivity contribution in [1.82, 2.24) is 9.97 Å². The summed E-state index contributed by atoms with van der Waals surface area (Å²) in [5.74, 6) is 1.05. The molecule has 0 amide bonds. The first kappa shape index (κ1) is 17.2. The molecule has 0 bridgehead atoms. The third-order valence-electron chi connectivity index (χ3n) is 4.07. The van der Waals surface area contributed by atoms with Gasteiger partial charge in [-0.3, -0.25) is 0 Å². The fraction of sp³-hybridized carbons (Fsp3) is 0.200. The summed E-state index contributed by atoms with van der Waals surface area (Å²) < 4.78 is 0. The van der Waals surface area contributed by atoms with Crippen LogP contribution in [0, 0.1) is 6.92 Å². The highest BCUT2D eigenvalue weighted by Gasteiger charge is 2.07. The SMILES string of the molecule is Cc1ccc(Cc2cnc(NCCc3ccccc3)nc2N)cc1Cl. The molecular weight excluding hydrogens is 332 g/mol. The molecule has 4 nitrogen and oxygen atoms in total. The predicted octanol–water partition coefficient (Wildman–Crippen LogP) is 4.27. The normalized spacial score (nSPS) is 10.6. The van der Waals surface area contributed by atoms with Crippen LogP contribution in [0.15, 0.2) is 54.7 Å². The van der Waals surface area contributed by atoms with Gasteiger partial charge in [0.1, 0.15) is 5.82 Å². The summed E-state index contributed by atoms with van der Waals surface area (Å²) in [6, 6.07) is 16.3. The molecule has 0 aliphatic carbocycles. The van der Waals surface area contributed by atoms with Gasteiger partial charge in [0.2, 0.25) is 5.95 Å². The lowest BCUT2D eigenvalue weighted by Crippen LogP contribution is -2.10. The summed E-state index contributed by atoms with van der Waals surface area (Å²) in [6.45, 7) is 2.75. The Morgan fingerprint density at radius 3 is 2.60 bits per heavy atom. The number of hydrogen-bond donors (Lipinski definition) is 2. The van der Waals surface area contributed by atoms with E-state index in [-0.39, 0.29) is 0 Å². The van der Waals surface area contributed by atoms with E-state index < -0.39 is 0 Å². The maximum absolute atomic E-state index is 6.18. The molecule has 0 aliphatic heterocycles. The molecule has 0 atom stereocenters. The summed E-state index contributed by atoms with van der Waals surface area (Å²) >= 11 is 6.18.